The molecule has 0 radical (unpaired) electrons. The average Bonchev–Trinajstić information content (AvgIpc) is 0.906. The van der Waals surface area contributed by atoms with Gasteiger partial charge in [-0.25, -0.2) is 9.13 Å². The van der Waals surface area contributed by atoms with Crippen LogP contribution in [-0.2, 0) is 65.4 Å². The number of esters is 4. The third-order valence-corrected chi connectivity index (χ3v) is 22.5. The minimum absolute atomic E-state index is 0.108. The van der Waals surface area contributed by atoms with Crippen molar-refractivity contribution < 1.29 is 80.2 Å². The highest BCUT2D eigenvalue weighted by Gasteiger charge is 2.30. The fraction of sp³-hybridized carbons (Fsp3) is 0.953. The second kappa shape index (κ2) is 77.4. The van der Waals surface area contributed by atoms with Crippen molar-refractivity contribution in [3.05, 3.63) is 0 Å². The molecule has 0 aliphatic rings. The molecule has 3 unspecified atom stereocenters. The Labute approximate surface area is 645 Å². The van der Waals surface area contributed by atoms with Crippen LogP contribution < -0.4 is 0 Å². The summed E-state index contributed by atoms with van der Waals surface area (Å²) < 4.78 is 68.8. The van der Waals surface area contributed by atoms with Crippen molar-refractivity contribution in [2.24, 2.45) is 11.8 Å². The van der Waals surface area contributed by atoms with E-state index in [0.29, 0.717) is 25.7 Å². The van der Waals surface area contributed by atoms with E-state index in [2.05, 4.69) is 41.5 Å². The number of carbonyl (C=O) groups is 4. The zero-order valence-corrected chi connectivity index (χ0v) is 70.8. The number of rotatable bonds is 85. The molecule has 0 saturated carbocycles. The van der Waals surface area contributed by atoms with Gasteiger partial charge in [-0.3, -0.25) is 37.3 Å². The van der Waals surface area contributed by atoms with Crippen molar-refractivity contribution in [2.75, 3.05) is 39.6 Å². The second-order valence-electron chi connectivity index (χ2n) is 31.6. The first kappa shape index (κ1) is 103. The van der Waals surface area contributed by atoms with E-state index in [0.717, 1.165) is 102 Å². The van der Waals surface area contributed by atoms with Crippen LogP contribution in [0.5, 0.6) is 0 Å². The number of hydrogen-bond acceptors (Lipinski definition) is 15. The molecule has 17 nitrogen and oxygen atoms in total. The summed E-state index contributed by atoms with van der Waals surface area (Å²) in [7, 11) is -9.92. The van der Waals surface area contributed by atoms with Crippen molar-refractivity contribution >= 4 is 39.5 Å². The van der Waals surface area contributed by atoms with Gasteiger partial charge in [-0.2, -0.15) is 0 Å². The molecule has 0 aliphatic heterocycles. The minimum Gasteiger partial charge on any atom is -0.462 e. The molecule has 624 valence electrons. The monoisotopic (exact) mass is 1540 g/mol. The molecule has 0 aromatic heterocycles. The van der Waals surface area contributed by atoms with E-state index >= 15 is 0 Å². The molecule has 0 amide bonds. The second-order valence-corrected chi connectivity index (χ2v) is 34.6. The van der Waals surface area contributed by atoms with E-state index in [4.69, 9.17) is 37.0 Å². The highest BCUT2D eigenvalue weighted by Crippen LogP contribution is 2.45. The molecule has 0 heterocycles. The topological polar surface area (TPSA) is 237 Å². The van der Waals surface area contributed by atoms with Crippen LogP contribution in [0, 0.1) is 11.8 Å². The van der Waals surface area contributed by atoms with Gasteiger partial charge in [-0.15, -0.1) is 0 Å². The van der Waals surface area contributed by atoms with Gasteiger partial charge in [-0.1, -0.05) is 408 Å². The first-order chi connectivity index (χ1) is 50.9. The van der Waals surface area contributed by atoms with Gasteiger partial charge in [0.2, 0.25) is 0 Å². The number of carbonyl (C=O) groups excluding carboxylic acids is 4. The van der Waals surface area contributed by atoms with E-state index in [-0.39, 0.29) is 25.7 Å². The van der Waals surface area contributed by atoms with Crippen LogP contribution in [0.1, 0.15) is 459 Å². The fourth-order valence-corrected chi connectivity index (χ4v) is 15.0. The zero-order chi connectivity index (χ0) is 77.1. The SMILES string of the molecule is CCCCCCCCCCCCCCCCCCCCC(=O)OC[C@H](COP(=O)(O)OC[C@@H](O)COP(=O)(O)OC[C@@H](COC(=O)CCCCCCCCCCC)OC(=O)CCCCCCCCCCCCCCCC(C)C)OC(=O)CCCCCCCCCCCCCCCCCCCCC(C)CC. The van der Waals surface area contributed by atoms with Gasteiger partial charge in [0.15, 0.2) is 12.2 Å². The number of unbranched alkanes of at least 4 members (excludes halogenated alkanes) is 54. The molecule has 0 fully saturated rings. The maximum Gasteiger partial charge on any atom is 0.472 e. The lowest BCUT2D eigenvalue weighted by molar-refractivity contribution is -0.161. The molecule has 0 rings (SSSR count). The summed E-state index contributed by atoms with van der Waals surface area (Å²) in [4.78, 5) is 73.2. The number of ether oxygens (including phenoxy) is 4. The highest BCUT2D eigenvalue weighted by molar-refractivity contribution is 7.47. The first-order valence-electron chi connectivity index (χ1n) is 44.5. The van der Waals surface area contributed by atoms with Gasteiger partial charge in [0, 0.05) is 25.7 Å². The van der Waals surface area contributed by atoms with Crippen molar-refractivity contribution in [1.29, 1.82) is 0 Å². The van der Waals surface area contributed by atoms with Crippen LogP contribution in [0.3, 0.4) is 0 Å². The zero-order valence-electron chi connectivity index (χ0n) is 69.0. The molecule has 0 bridgehead atoms. The summed E-state index contributed by atoms with van der Waals surface area (Å²) in [6.45, 7) is 9.74. The Morgan fingerprint density at radius 2 is 0.486 bits per heavy atom. The van der Waals surface area contributed by atoms with Gasteiger partial charge >= 0.3 is 39.5 Å². The smallest absolute Gasteiger partial charge is 0.462 e. The molecule has 19 heteroatoms. The number of hydrogen-bond donors (Lipinski definition) is 3. The van der Waals surface area contributed by atoms with Gasteiger partial charge < -0.3 is 33.8 Å². The first-order valence-corrected chi connectivity index (χ1v) is 47.5. The van der Waals surface area contributed by atoms with Crippen molar-refractivity contribution in [2.45, 2.75) is 477 Å². The number of phosphoric ester groups is 2. The maximum atomic E-state index is 13.1. The fourth-order valence-electron chi connectivity index (χ4n) is 13.4. The predicted octanol–water partition coefficient (Wildman–Crippen LogP) is 26.2. The third kappa shape index (κ3) is 78.5. The van der Waals surface area contributed by atoms with Gasteiger partial charge in [0.25, 0.3) is 0 Å². The summed E-state index contributed by atoms with van der Waals surface area (Å²) in [5.74, 6) is -0.445. The number of aliphatic hydroxyl groups excluding tert-OH is 1. The van der Waals surface area contributed by atoms with Crippen molar-refractivity contribution in [3.63, 3.8) is 0 Å². The van der Waals surface area contributed by atoms with Crippen molar-refractivity contribution in [3.8, 4) is 0 Å². The van der Waals surface area contributed by atoms with Crippen LogP contribution >= 0.6 is 15.6 Å². The quantitative estimate of drug-likeness (QED) is 0.0222. The summed E-state index contributed by atoms with van der Waals surface area (Å²) in [5.41, 5.74) is 0. The Bertz CT molecular complexity index is 2010. The predicted molar refractivity (Wildman–Crippen MR) is 432 cm³/mol. The normalized spacial score (nSPS) is 14.1. The molecule has 0 aromatic carbocycles. The van der Waals surface area contributed by atoms with E-state index < -0.39 is 97.5 Å². The van der Waals surface area contributed by atoms with Crippen LogP contribution in [-0.4, -0.2) is 96.7 Å². The number of aliphatic hydroxyl groups is 1. The summed E-state index contributed by atoms with van der Waals surface area (Å²) in [5, 5.41) is 10.7. The summed E-state index contributed by atoms with van der Waals surface area (Å²) in [6, 6.07) is 0. The molecule has 0 spiro atoms. The largest absolute Gasteiger partial charge is 0.472 e. The van der Waals surface area contributed by atoms with Gasteiger partial charge in [0.1, 0.15) is 19.3 Å². The van der Waals surface area contributed by atoms with E-state index in [1.54, 1.807) is 0 Å². The molecule has 3 N–H and O–H groups in total. The Balaban J connectivity index is 5.20. The van der Waals surface area contributed by atoms with E-state index in [9.17, 15) is 43.2 Å². The average molecular weight is 1540 g/mol. The lowest BCUT2D eigenvalue weighted by atomic mass is 9.99. The molecule has 0 saturated heterocycles. The molecule has 105 heavy (non-hydrogen) atoms. The van der Waals surface area contributed by atoms with E-state index in [1.807, 2.05) is 0 Å². The number of phosphoric acid groups is 2. The summed E-state index contributed by atoms with van der Waals surface area (Å²) in [6.07, 6.45) is 69.4. The molecule has 0 aliphatic carbocycles. The summed E-state index contributed by atoms with van der Waals surface area (Å²) >= 11 is 0. The Morgan fingerprint density at radius 1 is 0.276 bits per heavy atom. The Morgan fingerprint density at radius 3 is 0.724 bits per heavy atom. The standard InChI is InChI=1S/C86H168O17P2/c1-7-10-12-14-16-18-19-20-21-22-26-29-34-39-45-51-57-63-69-84(89)97-75-82(103-85(90)70-64-58-52-46-40-35-30-27-24-23-25-28-33-38-44-49-55-61-67-79(6)9-3)77-101-105(94,95)99-73-80(87)72-98-104(92,93)100-76-81(74-96-83(88)68-62-56-50-42-17-15-13-11-8-2)102-86(91)71-65-59-53-47-41-36-31-32-37-43-48-54-60-66-78(4)5/h78-82,87H,7-77H2,1-6H3,(H,92,93)(H,94,95)/t79?,80-,81+,82+/m0/s1. The molecule has 0 aromatic rings. The minimum atomic E-state index is -4.97. The Kier molecular flexibility index (Phi) is 76.0. The maximum absolute atomic E-state index is 13.1. The molecular weight excluding hydrogens is 1370 g/mol. The van der Waals surface area contributed by atoms with Crippen LogP contribution in [0.4, 0.5) is 0 Å². The Hall–Kier alpha value is -1.94. The van der Waals surface area contributed by atoms with Crippen LogP contribution in [0.2, 0.25) is 0 Å². The van der Waals surface area contributed by atoms with Crippen LogP contribution in [0.15, 0.2) is 0 Å². The third-order valence-electron chi connectivity index (χ3n) is 20.6. The van der Waals surface area contributed by atoms with Gasteiger partial charge in [-0.05, 0) is 37.5 Å². The van der Waals surface area contributed by atoms with Crippen LogP contribution in [0.25, 0.3) is 0 Å². The van der Waals surface area contributed by atoms with Gasteiger partial charge in [0.05, 0.1) is 26.4 Å². The highest BCUT2D eigenvalue weighted by atomic mass is 31.2. The lowest BCUT2D eigenvalue weighted by Gasteiger charge is -2.21. The lowest BCUT2D eigenvalue weighted by Crippen LogP contribution is -2.30. The molecular formula is C86H168O17P2. The van der Waals surface area contributed by atoms with Crippen molar-refractivity contribution in [1.82, 2.24) is 0 Å². The molecule has 6 atom stereocenters. The van der Waals surface area contributed by atoms with E-state index in [1.165, 1.54) is 276 Å².